The number of aromatic nitrogens is 2. The molecule has 1 unspecified atom stereocenters. The molecule has 1 saturated heterocycles. The van der Waals surface area contributed by atoms with Crippen molar-refractivity contribution in [1.82, 2.24) is 9.97 Å². The van der Waals surface area contributed by atoms with Crippen LogP contribution in [-0.4, -0.2) is 38.5 Å². The van der Waals surface area contributed by atoms with E-state index in [1.807, 2.05) is 48.5 Å². The lowest BCUT2D eigenvalue weighted by Gasteiger charge is -2.23. The number of fused-ring (bicyclic) bond motifs is 2. The summed E-state index contributed by atoms with van der Waals surface area (Å²) in [4.78, 5) is 35.9. The average Bonchev–Trinajstić information content (AvgIpc) is 3.47. The highest BCUT2D eigenvalue weighted by Crippen LogP contribution is 2.43. The van der Waals surface area contributed by atoms with Gasteiger partial charge in [-0.25, -0.2) is 4.98 Å². The van der Waals surface area contributed by atoms with Gasteiger partial charge in [0.05, 0.1) is 29.3 Å². The van der Waals surface area contributed by atoms with Gasteiger partial charge in [0.15, 0.2) is 11.5 Å². The number of hydrogen-bond acceptors (Lipinski definition) is 6. The highest BCUT2D eigenvalue weighted by molar-refractivity contribution is 6.51. The molecule has 5 aromatic rings. The second-order valence-corrected chi connectivity index (χ2v) is 8.97. The number of Topliss-reactive ketones (excluding diaryl/α,β-unsaturated/α-hetero) is 1. The molecule has 3 N–H and O–H groups in total. The van der Waals surface area contributed by atoms with Crippen molar-refractivity contribution in [2.75, 3.05) is 11.5 Å². The number of aromatic amines is 1. The van der Waals surface area contributed by atoms with E-state index >= 15 is 0 Å². The summed E-state index contributed by atoms with van der Waals surface area (Å²) in [7, 11) is 0. The number of nitrogens with zero attached hydrogens (tertiary/aromatic N) is 2. The van der Waals surface area contributed by atoms with Gasteiger partial charge in [-0.1, -0.05) is 54.6 Å². The number of aromatic hydroxyl groups is 1. The summed E-state index contributed by atoms with van der Waals surface area (Å²) in [5, 5.41) is 23.6. The number of H-pyrrole nitrogens is 1. The van der Waals surface area contributed by atoms with Crippen molar-refractivity contribution in [2.24, 2.45) is 0 Å². The lowest BCUT2D eigenvalue weighted by Crippen LogP contribution is -2.30. The molecule has 1 aliphatic heterocycles. The minimum Gasteiger partial charge on any atom is -0.507 e. The number of phenolic OH excluding ortho intramolecular Hbond substituents is 1. The molecule has 1 amide bonds. The second kappa shape index (κ2) is 9.08. The molecular weight excluding hydrogens is 482 g/mol. The number of rotatable bonds is 5. The van der Waals surface area contributed by atoms with Gasteiger partial charge in [-0.3, -0.25) is 14.5 Å². The third-order valence-electron chi connectivity index (χ3n) is 6.67. The number of amides is 1. The number of benzene rings is 4. The smallest absolute Gasteiger partial charge is 0.302 e. The number of carbonyl (C=O) groups is 2. The van der Waals surface area contributed by atoms with E-state index in [1.165, 1.54) is 11.0 Å². The highest BCUT2D eigenvalue weighted by atomic mass is 16.5. The third-order valence-corrected chi connectivity index (χ3v) is 6.67. The standard InChI is InChI=1S/C30H23N3O5/c1-2-38-24-16-19(13-14-23(24)34)26-25(27(35)20-12-11-17-7-3-4-8-18(17)15-20)28(36)29(37)33(26)30-31-21-9-5-6-10-22(21)32-30/h3-16,26,34-35H,2H2,1H3,(H,31,32)/b27-25+. The van der Waals surface area contributed by atoms with E-state index in [0.717, 1.165) is 10.8 Å². The number of para-hydroxylation sites is 2. The van der Waals surface area contributed by atoms with Crippen molar-refractivity contribution in [3.63, 3.8) is 0 Å². The SMILES string of the molecule is CCOc1cc(C2/C(=C(\O)c3ccc4ccccc4c3)C(=O)C(=O)N2c2nc3ccccc3[nH]2)ccc1O. The van der Waals surface area contributed by atoms with Crippen molar-refractivity contribution in [2.45, 2.75) is 13.0 Å². The van der Waals surface area contributed by atoms with Crippen molar-refractivity contribution in [1.29, 1.82) is 0 Å². The maximum absolute atomic E-state index is 13.5. The molecule has 4 aromatic carbocycles. The van der Waals surface area contributed by atoms with Crippen molar-refractivity contribution in [3.8, 4) is 11.5 Å². The Morgan fingerprint density at radius 2 is 1.74 bits per heavy atom. The zero-order chi connectivity index (χ0) is 26.4. The molecule has 0 radical (unpaired) electrons. The number of ether oxygens (including phenoxy) is 1. The number of anilines is 1. The van der Waals surface area contributed by atoms with Crippen LogP contribution in [0.3, 0.4) is 0 Å². The van der Waals surface area contributed by atoms with Crippen LogP contribution in [0.15, 0.2) is 90.5 Å². The van der Waals surface area contributed by atoms with Gasteiger partial charge < -0.3 is 19.9 Å². The molecule has 0 aliphatic carbocycles. The quantitative estimate of drug-likeness (QED) is 0.166. The number of imidazole rings is 1. The van der Waals surface area contributed by atoms with E-state index in [1.54, 1.807) is 37.3 Å². The average molecular weight is 506 g/mol. The van der Waals surface area contributed by atoms with E-state index in [0.29, 0.717) is 28.8 Å². The summed E-state index contributed by atoms with van der Waals surface area (Å²) in [6, 6.07) is 23.9. The molecule has 1 aromatic heterocycles. The van der Waals surface area contributed by atoms with Crippen molar-refractivity contribution >= 4 is 45.2 Å². The molecule has 8 nitrogen and oxygen atoms in total. The van der Waals surface area contributed by atoms with Crippen LogP contribution in [0.2, 0.25) is 0 Å². The number of phenols is 1. The minimum atomic E-state index is -1.03. The molecule has 1 atom stereocenters. The minimum absolute atomic E-state index is 0.0779. The van der Waals surface area contributed by atoms with E-state index in [2.05, 4.69) is 9.97 Å². The van der Waals surface area contributed by atoms with Crippen molar-refractivity contribution in [3.05, 3.63) is 102 Å². The summed E-state index contributed by atoms with van der Waals surface area (Å²) in [6.07, 6.45) is 0. The zero-order valence-electron chi connectivity index (χ0n) is 20.4. The predicted molar refractivity (Wildman–Crippen MR) is 144 cm³/mol. The van der Waals surface area contributed by atoms with Crippen LogP contribution in [0.5, 0.6) is 11.5 Å². The first-order valence-electron chi connectivity index (χ1n) is 12.2. The van der Waals surface area contributed by atoms with E-state index in [-0.39, 0.29) is 28.8 Å². The normalized spacial score (nSPS) is 17.0. The fourth-order valence-electron chi connectivity index (χ4n) is 4.88. The van der Waals surface area contributed by atoms with Gasteiger partial charge in [0.1, 0.15) is 5.76 Å². The van der Waals surface area contributed by atoms with Crippen LogP contribution in [0.4, 0.5) is 5.95 Å². The van der Waals surface area contributed by atoms with Gasteiger partial charge in [0.25, 0.3) is 5.78 Å². The molecule has 0 spiro atoms. The largest absolute Gasteiger partial charge is 0.507 e. The predicted octanol–water partition coefficient (Wildman–Crippen LogP) is 5.45. The molecule has 8 heteroatoms. The van der Waals surface area contributed by atoms with E-state index < -0.39 is 17.7 Å². The number of hydrogen-bond donors (Lipinski definition) is 3. The molecule has 188 valence electrons. The molecule has 6 rings (SSSR count). The van der Waals surface area contributed by atoms with E-state index in [9.17, 15) is 19.8 Å². The zero-order valence-corrected chi connectivity index (χ0v) is 20.4. The Morgan fingerprint density at radius 3 is 2.53 bits per heavy atom. The highest BCUT2D eigenvalue weighted by Gasteiger charge is 2.48. The van der Waals surface area contributed by atoms with Gasteiger partial charge in [0.2, 0.25) is 5.95 Å². The van der Waals surface area contributed by atoms with Gasteiger partial charge in [-0.05, 0) is 53.6 Å². The van der Waals surface area contributed by atoms with E-state index in [4.69, 9.17) is 4.74 Å². The molecular formula is C30H23N3O5. The maximum atomic E-state index is 13.5. The lowest BCUT2D eigenvalue weighted by atomic mass is 9.94. The molecule has 1 aliphatic rings. The fraction of sp³-hybridized carbons (Fsp3) is 0.100. The number of aliphatic hydroxyl groups is 1. The van der Waals surface area contributed by atoms with Gasteiger partial charge in [-0.2, -0.15) is 0 Å². The Bertz CT molecular complexity index is 1740. The van der Waals surface area contributed by atoms with Crippen LogP contribution >= 0.6 is 0 Å². The Kier molecular flexibility index (Phi) is 5.57. The first kappa shape index (κ1) is 23.3. The summed E-state index contributed by atoms with van der Waals surface area (Å²) in [5.74, 6) is -1.68. The third kappa shape index (κ3) is 3.74. The summed E-state index contributed by atoms with van der Waals surface area (Å²) in [5.41, 5.74) is 2.10. The van der Waals surface area contributed by atoms with Crippen LogP contribution < -0.4 is 9.64 Å². The van der Waals surface area contributed by atoms with Gasteiger partial charge in [-0.15, -0.1) is 0 Å². The molecule has 0 saturated carbocycles. The first-order chi connectivity index (χ1) is 18.5. The topological polar surface area (TPSA) is 116 Å². The second-order valence-electron chi connectivity index (χ2n) is 8.97. The number of ketones is 1. The lowest BCUT2D eigenvalue weighted by molar-refractivity contribution is -0.132. The van der Waals surface area contributed by atoms with Gasteiger partial charge >= 0.3 is 5.91 Å². The van der Waals surface area contributed by atoms with Crippen LogP contribution in [0.1, 0.15) is 24.1 Å². The molecule has 2 heterocycles. The Balaban J connectivity index is 1.58. The maximum Gasteiger partial charge on any atom is 0.302 e. The summed E-state index contributed by atoms with van der Waals surface area (Å²) in [6.45, 7) is 2.09. The number of aliphatic hydroxyl groups excluding tert-OH is 1. The molecule has 1 fully saturated rings. The van der Waals surface area contributed by atoms with Gasteiger partial charge in [0, 0.05) is 5.56 Å². The van der Waals surface area contributed by atoms with Crippen LogP contribution in [0.25, 0.3) is 27.6 Å². The molecule has 0 bridgehead atoms. The number of nitrogens with one attached hydrogen (secondary N) is 1. The summed E-state index contributed by atoms with van der Waals surface area (Å²) >= 11 is 0. The van der Waals surface area contributed by atoms with Crippen LogP contribution in [0, 0.1) is 0 Å². The summed E-state index contributed by atoms with van der Waals surface area (Å²) < 4.78 is 5.57. The van der Waals surface area contributed by atoms with Crippen molar-refractivity contribution < 1.29 is 24.5 Å². The Morgan fingerprint density at radius 1 is 0.974 bits per heavy atom. The number of carbonyl (C=O) groups excluding carboxylic acids is 2. The Hall–Kier alpha value is -5.11. The first-order valence-corrected chi connectivity index (χ1v) is 12.2. The molecule has 38 heavy (non-hydrogen) atoms. The fourth-order valence-corrected chi connectivity index (χ4v) is 4.88. The van der Waals surface area contributed by atoms with Crippen LogP contribution in [-0.2, 0) is 9.59 Å². The Labute approximate surface area is 217 Å². The monoisotopic (exact) mass is 505 g/mol.